The smallest absolute Gasteiger partial charge is 0.422 e. The third-order valence-corrected chi connectivity index (χ3v) is 5.53. The van der Waals surface area contributed by atoms with Crippen LogP contribution in [0, 0.1) is 0 Å². The molecule has 13 heteroatoms. The summed E-state index contributed by atoms with van der Waals surface area (Å²) in [5.74, 6) is -0.392. The van der Waals surface area contributed by atoms with Crippen molar-refractivity contribution in [2.45, 2.75) is 38.2 Å². The van der Waals surface area contributed by atoms with Gasteiger partial charge in [-0.05, 0) is 55.2 Å². The lowest BCUT2D eigenvalue weighted by Gasteiger charge is -2.28. The van der Waals surface area contributed by atoms with Crippen molar-refractivity contribution >= 4 is 23.3 Å². The Kier molecular flexibility index (Phi) is 7.89. The zero-order valence-electron chi connectivity index (χ0n) is 19.5. The summed E-state index contributed by atoms with van der Waals surface area (Å²) in [7, 11) is 0. The summed E-state index contributed by atoms with van der Waals surface area (Å²) in [6.07, 6.45) is -5.68. The summed E-state index contributed by atoms with van der Waals surface area (Å²) in [5, 5.41) is 5.47. The van der Waals surface area contributed by atoms with Gasteiger partial charge >= 0.3 is 18.4 Å². The number of nitrogens with one attached hydrogen (secondary N) is 2. The molecular weight excluding hydrogens is 502 g/mol. The zero-order valence-corrected chi connectivity index (χ0v) is 19.5. The standard InChI is InChI=1S/C24H24F6N6O/c25-23(26,27)15-37-22-34-20(31-14-16-7-9-19(10-8-16)36-11-2-1-3-12-36)33-21(35-22)32-18-6-4-5-17(13-18)24(28,29)30/h4-10,13H,1-3,11-12,14-15H2,(H2,31,32,33,34,35). The Morgan fingerprint density at radius 2 is 1.54 bits per heavy atom. The summed E-state index contributed by atoms with van der Waals surface area (Å²) >= 11 is 0. The highest BCUT2D eigenvalue weighted by molar-refractivity contribution is 5.56. The molecular formula is C24H24F6N6O. The Labute approximate surface area is 208 Å². The number of benzene rings is 2. The van der Waals surface area contributed by atoms with Crippen molar-refractivity contribution in [2.24, 2.45) is 0 Å². The maximum Gasteiger partial charge on any atom is 0.422 e. The fraction of sp³-hybridized carbons (Fsp3) is 0.375. The van der Waals surface area contributed by atoms with Crippen molar-refractivity contribution < 1.29 is 31.1 Å². The SMILES string of the molecule is FC(F)(F)COc1nc(NCc2ccc(N3CCCCC3)cc2)nc(Nc2cccc(C(F)(F)F)c2)n1. The number of hydrogen-bond acceptors (Lipinski definition) is 7. The quantitative estimate of drug-likeness (QED) is 0.340. The molecule has 0 atom stereocenters. The summed E-state index contributed by atoms with van der Waals surface area (Å²) in [5.41, 5.74) is 1.05. The first-order valence-electron chi connectivity index (χ1n) is 11.5. The molecule has 37 heavy (non-hydrogen) atoms. The molecule has 0 unspecified atom stereocenters. The molecule has 0 saturated carbocycles. The van der Waals surface area contributed by atoms with E-state index in [1.165, 1.54) is 18.6 Å². The molecule has 2 aromatic carbocycles. The molecule has 2 heterocycles. The van der Waals surface area contributed by atoms with Crippen molar-refractivity contribution in [3.05, 3.63) is 59.7 Å². The second-order valence-corrected chi connectivity index (χ2v) is 8.44. The maximum atomic E-state index is 13.0. The molecule has 0 spiro atoms. The van der Waals surface area contributed by atoms with E-state index in [-0.39, 0.29) is 24.1 Å². The summed E-state index contributed by atoms with van der Waals surface area (Å²) < 4.78 is 81.7. The highest BCUT2D eigenvalue weighted by Crippen LogP contribution is 2.31. The van der Waals surface area contributed by atoms with Gasteiger partial charge in [0.15, 0.2) is 6.61 Å². The Hall–Kier alpha value is -3.77. The molecule has 0 bridgehead atoms. The highest BCUT2D eigenvalue weighted by Gasteiger charge is 2.31. The van der Waals surface area contributed by atoms with E-state index in [0.717, 1.165) is 49.3 Å². The molecule has 1 aliphatic heterocycles. The maximum absolute atomic E-state index is 13.0. The van der Waals surface area contributed by atoms with Gasteiger partial charge in [0.05, 0.1) is 5.56 Å². The predicted octanol–water partition coefficient (Wildman–Crippen LogP) is 6.18. The summed E-state index contributed by atoms with van der Waals surface area (Å²) in [4.78, 5) is 14.0. The number of alkyl halides is 6. The first-order valence-corrected chi connectivity index (χ1v) is 11.5. The lowest BCUT2D eigenvalue weighted by atomic mass is 10.1. The first-order chi connectivity index (χ1) is 17.5. The molecule has 0 amide bonds. The van der Waals surface area contributed by atoms with E-state index in [1.807, 2.05) is 24.3 Å². The Morgan fingerprint density at radius 3 is 2.22 bits per heavy atom. The number of nitrogens with zero attached hydrogens (tertiary/aromatic N) is 4. The van der Waals surface area contributed by atoms with E-state index in [9.17, 15) is 26.3 Å². The average molecular weight is 526 g/mol. The van der Waals surface area contributed by atoms with Crippen molar-refractivity contribution in [3.8, 4) is 6.01 Å². The fourth-order valence-electron chi connectivity index (χ4n) is 3.76. The minimum atomic E-state index is -4.63. The Balaban J connectivity index is 1.49. The van der Waals surface area contributed by atoms with Gasteiger partial charge in [-0.15, -0.1) is 0 Å². The third kappa shape index (κ3) is 7.86. The van der Waals surface area contributed by atoms with Crippen molar-refractivity contribution in [1.82, 2.24) is 15.0 Å². The van der Waals surface area contributed by atoms with Gasteiger partial charge in [0.25, 0.3) is 0 Å². The molecule has 4 rings (SSSR count). The van der Waals surface area contributed by atoms with Gasteiger partial charge in [-0.25, -0.2) is 0 Å². The van der Waals surface area contributed by atoms with E-state index in [1.54, 1.807) is 0 Å². The molecule has 7 nitrogen and oxygen atoms in total. The minimum absolute atomic E-state index is 0.0120. The van der Waals surface area contributed by atoms with Crippen LogP contribution in [0.3, 0.4) is 0 Å². The number of rotatable bonds is 8. The molecule has 1 aromatic heterocycles. The van der Waals surface area contributed by atoms with Crippen LogP contribution in [0.2, 0.25) is 0 Å². The predicted molar refractivity (Wildman–Crippen MR) is 126 cm³/mol. The Morgan fingerprint density at radius 1 is 0.838 bits per heavy atom. The van der Waals surface area contributed by atoms with Gasteiger partial charge in [-0.1, -0.05) is 18.2 Å². The van der Waals surface area contributed by atoms with E-state index >= 15 is 0 Å². The van der Waals surface area contributed by atoms with Gasteiger partial charge < -0.3 is 20.3 Å². The van der Waals surface area contributed by atoms with Crippen LogP contribution in [0.1, 0.15) is 30.4 Å². The molecule has 3 aromatic rings. The van der Waals surface area contributed by atoms with Crippen LogP contribution in [0.5, 0.6) is 6.01 Å². The summed E-state index contributed by atoms with van der Waals surface area (Å²) in [6, 6.07) is 11.4. The van der Waals surface area contributed by atoms with Crippen LogP contribution in [0.15, 0.2) is 48.5 Å². The largest absolute Gasteiger partial charge is 0.454 e. The lowest BCUT2D eigenvalue weighted by Crippen LogP contribution is -2.29. The van der Waals surface area contributed by atoms with Crippen molar-refractivity contribution in [1.29, 1.82) is 0 Å². The van der Waals surface area contributed by atoms with Gasteiger partial charge in [-0.2, -0.15) is 41.3 Å². The number of halogens is 6. The van der Waals surface area contributed by atoms with E-state index in [4.69, 9.17) is 0 Å². The van der Waals surface area contributed by atoms with Crippen LogP contribution in [0.25, 0.3) is 0 Å². The van der Waals surface area contributed by atoms with Gasteiger partial charge in [0.1, 0.15) is 0 Å². The second kappa shape index (κ2) is 11.1. The second-order valence-electron chi connectivity index (χ2n) is 8.44. The minimum Gasteiger partial charge on any atom is -0.454 e. The third-order valence-electron chi connectivity index (χ3n) is 5.53. The van der Waals surface area contributed by atoms with Crippen LogP contribution in [-0.2, 0) is 12.7 Å². The summed E-state index contributed by atoms with van der Waals surface area (Å²) in [6.45, 7) is 0.610. The number of anilines is 4. The van der Waals surface area contributed by atoms with Crippen molar-refractivity contribution in [2.75, 3.05) is 35.2 Å². The molecule has 198 valence electrons. The van der Waals surface area contributed by atoms with Crippen LogP contribution in [0.4, 0.5) is 49.6 Å². The molecule has 0 aliphatic carbocycles. The number of piperidine rings is 1. The molecule has 1 aliphatic rings. The number of aromatic nitrogens is 3. The number of ether oxygens (including phenoxy) is 1. The zero-order chi connectivity index (χ0) is 26.5. The highest BCUT2D eigenvalue weighted by atomic mass is 19.4. The van der Waals surface area contributed by atoms with E-state index < -0.39 is 30.5 Å². The molecule has 0 radical (unpaired) electrons. The normalized spacial score (nSPS) is 14.4. The van der Waals surface area contributed by atoms with Crippen LogP contribution < -0.4 is 20.3 Å². The van der Waals surface area contributed by atoms with E-state index in [0.29, 0.717) is 0 Å². The fourth-order valence-corrected chi connectivity index (χ4v) is 3.76. The molecule has 2 N–H and O–H groups in total. The Bertz CT molecular complexity index is 1180. The average Bonchev–Trinajstić information content (AvgIpc) is 2.86. The lowest BCUT2D eigenvalue weighted by molar-refractivity contribution is -0.154. The van der Waals surface area contributed by atoms with Gasteiger partial charge in [0, 0.05) is 31.0 Å². The first kappa shape index (κ1) is 26.3. The van der Waals surface area contributed by atoms with Crippen LogP contribution in [-0.4, -0.2) is 40.8 Å². The monoisotopic (exact) mass is 526 g/mol. The molecule has 1 saturated heterocycles. The van der Waals surface area contributed by atoms with E-state index in [2.05, 4.69) is 35.2 Å². The van der Waals surface area contributed by atoms with Crippen molar-refractivity contribution in [3.63, 3.8) is 0 Å². The molecule has 1 fully saturated rings. The van der Waals surface area contributed by atoms with Crippen LogP contribution >= 0.6 is 0 Å². The van der Waals surface area contributed by atoms with Gasteiger partial charge in [0.2, 0.25) is 11.9 Å². The number of hydrogen-bond donors (Lipinski definition) is 2. The topological polar surface area (TPSA) is 75.2 Å². The van der Waals surface area contributed by atoms with Gasteiger partial charge in [-0.3, -0.25) is 0 Å².